The largest absolute Gasteiger partial charge is 0.323 e. The average Bonchev–Trinajstić information content (AvgIpc) is 2.87. The van der Waals surface area contributed by atoms with Crippen molar-refractivity contribution in [2.45, 2.75) is 38.8 Å². The summed E-state index contributed by atoms with van der Waals surface area (Å²) in [6.07, 6.45) is 5.95. The Balaban J connectivity index is 2.00. The fourth-order valence-electron chi connectivity index (χ4n) is 3.20. The fraction of sp³-hybridized carbons (Fsp3) is 0.471. The number of para-hydroxylation sites is 2. The van der Waals surface area contributed by atoms with Crippen LogP contribution >= 0.6 is 0 Å². The van der Waals surface area contributed by atoms with Crippen molar-refractivity contribution in [3.05, 3.63) is 42.7 Å². The van der Waals surface area contributed by atoms with Gasteiger partial charge in [-0.15, -0.1) is 6.58 Å². The summed E-state index contributed by atoms with van der Waals surface area (Å²) in [7, 11) is 0. The summed E-state index contributed by atoms with van der Waals surface area (Å²) in [6, 6.07) is 8.77. The summed E-state index contributed by atoms with van der Waals surface area (Å²) < 4.78 is 2.31. The highest BCUT2D eigenvalue weighted by molar-refractivity contribution is 5.76. The number of allylic oxidation sites excluding steroid dienone is 1. The molecule has 0 saturated carbocycles. The van der Waals surface area contributed by atoms with Gasteiger partial charge in [0.2, 0.25) is 0 Å². The standard InChI is InChI=1S/C17H23N3/c1-3-11-20-16-10-6-5-9-15(16)18-17(20)14(2)19-12-7-4-8-13-19/h3,5-6,9-10,14H,1,4,7-8,11-13H2,2H3/t14-/m0/s1. The molecule has 1 aliphatic heterocycles. The Bertz CT molecular complexity index is 593. The molecule has 1 aliphatic rings. The van der Waals surface area contributed by atoms with Crippen molar-refractivity contribution in [3.8, 4) is 0 Å². The van der Waals surface area contributed by atoms with Crippen molar-refractivity contribution < 1.29 is 0 Å². The smallest absolute Gasteiger partial charge is 0.127 e. The fourth-order valence-corrected chi connectivity index (χ4v) is 3.20. The quantitative estimate of drug-likeness (QED) is 0.788. The Morgan fingerprint density at radius 2 is 2.00 bits per heavy atom. The van der Waals surface area contributed by atoms with E-state index in [0.29, 0.717) is 6.04 Å². The minimum atomic E-state index is 0.377. The van der Waals surface area contributed by atoms with E-state index in [1.54, 1.807) is 0 Å². The molecule has 20 heavy (non-hydrogen) atoms. The van der Waals surface area contributed by atoms with Gasteiger partial charge in [-0.3, -0.25) is 4.90 Å². The molecule has 1 atom stereocenters. The lowest BCUT2D eigenvalue weighted by Crippen LogP contribution is -2.33. The van der Waals surface area contributed by atoms with Gasteiger partial charge in [0.1, 0.15) is 5.82 Å². The minimum absolute atomic E-state index is 0.377. The van der Waals surface area contributed by atoms with E-state index in [1.807, 2.05) is 6.08 Å². The SMILES string of the molecule is C=CCn1c([C@H](C)N2CCCCC2)nc2ccccc21. The topological polar surface area (TPSA) is 21.1 Å². The van der Waals surface area contributed by atoms with Crippen LogP contribution in [0.4, 0.5) is 0 Å². The van der Waals surface area contributed by atoms with Crippen LogP contribution < -0.4 is 0 Å². The van der Waals surface area contributed by atoms with E-state index in [0.717, 1.165) is 12.1 Å². The summed E-state index contributed by atoms with van der Waals surface area (Å²) in [5, 5.41) is 0. The molecule has 0 radical (unpaired) electrons. The van der Waals surface area contributed by atoms with Crippen LogP contribution in [-0.2, 0) is 6.54 Å². The minimum Gasteiger partial charge on any atom is -0.323 e. The van der Waals surface area contributed by atoms with E-state index < -0.39 is 0 Å². The van der Waals surface area contributed by atoms with Crippen molar-refractivity contribution in [2.75, 3.05) is 13.1 Å². The van der Waals surface area contributed by atoms with E-state index in [1.165, 1.54) is 43.7 Å². The molecule has 1 aromatic heterocycles. The van der Waals surface area contributed by atoms with Crippen LogP contribution in [0.5, 0.6) is 0 Å². The second-order valence-electron chi connectivity index (χ2n) is 5.63. The molecule has 0 spiro atoms. The van der Waals surface area contributed by atoms with Crippen LogP contribution in [0, 0.1) is 0 Å². The summed E-state index contributed by atoms with van der Waals surface area (Å²) >= 11 is 0. The molecule has 3 heteroatoms. The van der Waals surface area contributed by atoms with Gasteiger partial charge in [-0.1, -0.05) is 24.6 Å². The monoisotopic (exact) mass is 269 g/mol. The molecule has 1 aromatic carbocycles. The first-order valence-electron chi connectivity index (χ1n) is 7.61. The zero-order valence-corrected chi connectivity index (χ0v) is 12.3. The van der Waals surface area contributed by atoms with Crippen LogP contribution in [0.25, 0.3) is 11.0 Å². The zero-order valence-electron chi connectivity index (χ0n) is 12.3. The van der Waals surface area contributed by atoms with Crippen LogP contribution in [0.3, 0.4) is 0 Å². The average molecular weight is 269 g/mol. The number of rotatable bonds is 4. The third-order valence-corrected chi connectivity index (χ3v) is 4.31. The predicted octanol–water partition coefficient (Wildman–Crippen LogP) is 3.77. The first kappa shape index (κ1) is 13.4. The molecule has 1 fully saturated rings. The first-order valence-corrected chi connectivity index (χ1v) is 7.61. The molecule has 2 aromatic rings. The van der Waals surface area contributed by atoms with E-state index in [2.05, 4.69) is 47.2 Å². The van der Waals surface area contributed by atoms with Gasteiger partial charge in [0, 0.05) is 6.54 Å². The lowest BCUT2D eigenvalue weighted by atomic mass is 10.1. The third-order valence-electron chi connectivity index (χ3n) is 4.31. The second kappa shape index (κ2) is 5.80. The number of nitrogens with zero attached hydrogens (tertiary/aromatic N) is 3. The molecule has 3 nitrogen and oxygen atoms in total. The predicted molar refractivity (Wildman–Crippen MR) is 83.8 cm³/mol. The maximum atomic E-state index is 4.88. The second-order valence-corrected chi connectivity index (χ2v) is 5.63. The summed E-state index contributed by atoms with van der Waals surface area (Å²) in [4.78, 5) is 7.44. The molecule has 106 valence electrons. The van der Waals surface area contributed by atoms with Gasteiger partial charge in [0.05, 0.1) is 17.1 Å². The Kier molecular flexibility index (Phi) is 3.88. The van der Waals surface area contributed by atoms with Crippen LogP contribution in [-0.4, -0.2) is 27.5 Å². The number of hydrogen-bond donors (Lipinski definition) is 0. The summed E-state index contributed by atoms with van der Waals surface area (Å²) in [6.45, 7) is 9.39. The highest BCUT2D eigenvalue weighted by atomic mass is 15.2. The van der Waals surface area contributed by atoms with Crippen molar-refractivity contribution in [2.24, 2.45) is 0 Å². The molecule has 0 N–H and O–H groups in total. The molecule has 3 rings (SSSR count). The van der Waals surface area contributed by atoms with E-state index in [4.69, 9.17) is 4.98 Å². The van der Waals surface area contributed by atoms with Crippen LogP contribution in [0.1, 0.15) is 38.1 Å². The molecular weight excluding hydrogens is 246 g/mol. The number of benzene rings is 1. The molecule has 1 saturated heterocycles. The molecule has 0 aliphatic carbocycles. The van der Waals surface area contributed by atoms with Crippen molar-refractivity contribution >= 4 is 11.0 Å². The van der Waals surface area contributed by atoms with Crippen molar-refractivity contribution in [1.82, 2.24) is 14.5 Å². The maximum absolute atomic E-state index is 4.88. The Morgan fingerprint density at radius 1 is 1.25 bits per heavy atom. The molecule has 0 amide bonds. The highest BCUT2D eigenvalue weighted by Crippen LogP contribution is 2.27. The highest BCUT2D eigenvalue weighted by Gasteiger charge is 2.23. The Labute approximate surface area is 120 Å². The lowest BCUT2D eigenvalue weighted by molar-refractivity contribution is 0.166. The number of aromatic nitrogens is 2. The van der Waals surface area contributed by atoms with Crippen molar-refractivity contribution in [3.63, 3.8) is 0 Å². The molecular formula is C17H23N3. The maximum Gasteiger partial charge on any atom is 0.127 e. The molecule has 0 unspecified atom stereocenters. The number of fused-ring (bicyclic) bond motifs is 1. The Morgan fingerprint density at radius 3 is 2.75 bits per heavy atom. The Hall–Kier alpha value is -1.61. The van der Waals surface area contributed by atoms with Gasteiger partial charge in [0.15, 0.2) is 0 Å². The van der Waals surface area contributed by atoms with E-state index in [9.17, 15) is 0 Å². The van der Waals surface area contributed by atoms with Crippen LogP contribution in [0.15, 0.2) is 36.9 Å². The van der Waals surface area contributed by atoms with E-state index in [-0.39, 0.29) is 0 Å². The lowest BCUT2D eigenvalue weighted by Gasteiger charge is -2.32. The molecule has 0 bridgehead atoms. The van der Waals surface area contributed by atoms with Gasteiger partial charge >= 0.3 is 0 Å². The summed E-state index contributed by atoms with van der Waals surface area (Å²) in [5.41, 5.74) is 2.31. The number of hydrogen-bond acceptors (Lipinski definition) is 2. The van der Waals surface area contributed by atoms with Gasteiger partial charge in [-0.2, -0.15) is 0 Å². The summed E-state index contributed by atoms with van der Waals surface area (Å²) in [5.74, 6) is 1.17. The first-order chi connectivity index (χ1) is 9.81. The number of piperidine rings is 1. The number of imidazole rings is 1. The van der Waals surface area contributed by atoms with Crippen molar-refractivity contribution in [1.29, 1.82) is 0 Å². The number of likely N-dealkylation sites (tertiary alicyclic amines) is 1. The normalized spacial score (nSPS) is 18.2. The van der Waals surface area contributed by atoms with Gasteiger partial charge < -0.3 is 4.57 Å². The van der Waals surface area contributed by atoms with Crippen LogP contribution in [0.2, 0.25) is 0 Å². The van der Waals surface area contributed by atoms with E-state index >= 15 is 0 Å². The van der Waals surface area contributed by atoms with Gasteiger partial charge in [-0.25, -0.2) is 4.98 Å². The van der Waals surface area contributed by atoms with Gasteiger partial charge in [0.25, 0.3) is 0 Å². The van der Waals surface area contributed by atoms with Gasteiger partial charge in [-0.05, 0) is 45.0 Å². The molecule has 2 heterocycles. The third kappa shape index (κ3) is 2.38. The zero-order chi connectivity index (χ0) is 13.9.